The van der Waals surface area contributed by atoms with Gasteiger partial charge in [-0.15, -0.1) is 0 Å². The molecule has 1 saturated heterocycles. The van der Waals surface area contributed by atoms with Crippen LogP contribution in [0.1, 0.15) is 52.7 Å². The molecule has 0 atom stereocenters. The highest BCUT2D eigenvalue weighted by Crippen LogP contribution is 2.33. The van der Waals surface area contributed by atoms with E-state index in [9.17, 15) is 28.4 Å². The molecule has 294 valence electrons. The number of piperazine rings is 1. The third-order valence-electron chi connectivity index (χ3n) is 11.3. The number of aryl methyl sites for hydroxylation is 2. The summed E-state index contributed by atoms with van der Waals surface area (Å²) in [6.45, 7) is 2.59. The minimum atomic E-state index is -1.00. The van der Waals surface area contributed by atoms with Crippen LogP contribution < -0.4 is 26.2 Å². The topological polar surface area (TPSA) is 159 Å². The van der Waals surface area contributed by atoms with E-state index in [4.69, 9.17) is 16.0 Å². The SMILES string of the molecule is COc1ccc2c(c1)n(CC1CCC(C(=O)N3CCNC(=O)C3)CC1)c(=O)n2C.COc1ccc2c(c1)n(CC1CCC(C(=O)O)CC1)c(=O)n2C.[2H]CF. The fraction of sp³-hybridized carbons (Fsp3) is 0.564. The van der Waals surface area contributed by atoms with Crippen molar-refractivity contribution in [1.29, 1.82) is 0 Å². The van der Waals surface area contributed by atoms with E-state index in [0.29, 0.717) is 50.9 Å². The third-order valence-corrected chi connectivity index (χ3v) is 11.3. The molecular weight excluding hydrogens is 699 g/mol. The largest absolute Gasteiger partial charge is 0.497 e. The van der Waals surface area contributed by atoms with Gasteiger partial charge < -0.3 is 24.8 Å². The Morgan fingerprint density at radius 1 is 0.778 bits per heavy atom. The van der Waals surface area contributed by atoms with E-state index in [1.54, 1.807) is 46.9 Å². The lowest BCUT2D eigenvalue weighted by molar-refractivity contribution is -0.143. The van der Waals surface area contributed by atoms with Crippen molar-refractivity contribution < 1.29 is 34.7 Å². The summed E-state index contributed by atoms with van der Waals surface area (Å²) in [6.07, 6.45) is 6.53. The van der Waals surface area contributed by atoms with Crippen molar-refractivity contribution in [1.82, 2.24) is 28.5 Å². The highest BCUT2D eigenvalue weighted by Gasteiger charge is 2.32. The quantitative estimate of drug-likeness (QED) is 0.274. The average molecular weight is 754 g/mol. The average Bonchev–Trinajstić information content (AvgIpc) is 3.57. The number of nitrogens with zero attached hydrogens (tertiary/aromatic N) is 5. The first kappa shape index (κ1) is 38.6. The van der Waals surface area contributed by atoms with E-state index in [1.165, 1.54) is 0 Å². The summed E-state index contributed by atoms with van der Waals surface area (Å²) in [4.78, 5) is 62.3. The monoisotopic (exact) mass is 753 g/mol. The van der Waals surface area contributed by atoms with Crippen LogP contribution in [0.4, 0.5) is 4.39 Å². The fourth-order valence-electron chi connectivity index (χ4n) is 8.17. The molecule has 14 nitrogen and oxygen atoms in total. The van der Waals surface area contributed by atoms with Crippen molar-refractivity contribution in [3.8, 4) is 11.5 Å². The van der Waals surface area contributed by atoms with Crippen molar-refractivity contribution in [2.75, 3.05) is 41.0 Å². The van der Waals surface area contributed by atoms with Crippen LogP contribution in [0.15, 0.2) is 46.0 Å². The fourth-order valence-corrected chi connectivity index (χ4v) is 8.17. The predicted octanol–water partition coefficient (Wildman–Crippen LogP) is 3.94. The molecular formula is C39H53FN6O8. The molecule has 0 unspecified atom stereocenters. The zero-order valence-corrected chi connectivity index (χ0v) is 31.6. The number of halogens is 1. The van der Waals surface area contributed by atoms with Gasteiger partial charge in [0, 0.05) is 58.3 Å². The molecule has 7 rings (SSSR count). The summed E-state index contributed by atoms with van der Waals surface area (Å²) in [5.74, 6) is 1.25. The maximum Gasteiger partial charge on any atom is 0.328 e. The normalized spacial score (nSPS) is 21.6. The minimum Gasteiger partial charge on any atom is -0.497 e. The summed E-state index contributed by atoms with van der Waals surface area (Å²) >= 11 is 0. The number of nitrogens with one attached hydrogen (secondary N) is 1. The second-order valence-corrected chi connectivity index (χ2v) is 14.5. The van der Waals surface area contributed by atoms with Crippen LogP contribution in [0.5, 0.6) is 11.5 Å². The number of ether oxygens (including phenoxy) is 2. The zero-order chi connectivity index (χ0) is 39.8. The van der Waals surface area contributed by atoms with Crippen molar-refractivity contribution in [3.63, 3.8) is 0 Å². The Kier molecular flexibility index (Phi) is 12.8. The van der Waals surface area contributed by atoms with E-state index < -0.39 is 13.1 Å². The third kappa shape index (κ3) is 8.65. The van der Waals surface area contributed by atoms with Crippen LogP contribution in [-0.4, -0.2) is 87.1 Å². The number of carboxylic acid groups (broad SMARTS) is 1. The number of fused-ring (bicyclic) bond motifs is 2. The van der Waals surface area contributed by atoms with Gasteiger partial charge in [0.25, 0.3) is 0 Å². The van der Waals surface area contributed by atoms with Crippen LogP contribution in [0.3, 0.4) is 0 Å². The lowest BCUT2D eigenvalue weighted by Gasteiger charge is -2.33. The molecule has 3 fully saturated rings. The molecule has 2 saturated carbocycles. The molecule has 2 amide bonds. The predicted molar refractivity (Wildman–Crippen MR) is 203 cm³/mol. The highest BCUT2D eigenvalue weighted by atomic mass is 19.1. The number of methoxy groups -OCH3 is 2. The van der Waals surface area contributed by atoms with Gasteiger partial charge in [0.2, 0.25) is 11.8 Å². The molecule has 54 heavy (non-hydrogen) atoms. The standard InChI is InChI=1S/C21H28N4O4.C17H22N2O4.CH3F/c1-23-17-8-7-16(29-2)11-18(17)25(21(23)28)12-14-3-5-15(6-4-14)20(27)24-10-9-22-19(26)13-24;1-18-14-8-7-13(23-2)9-15(14)19(17(18)22)10-11-3-5-12(6-4-11)16(20)21;1-2/h7-8,11,14-15H,3-6,9-10,12-13H2,1-2H3,(H,22,26);7-9,11-12H,3-6,10H2,1-2H3,(H,20,21);1H3/i;;1D. The molecule has 2 aromatic carbocycles. The van der Waals surface area contributed by atoms with Crippen LogP contribution in [0.2, 0.25) is 0 Å². The van der Waals surface area contributed by atoms with Crippen LogP contribution in [-0.2, 0) is 41.6 Å². The van der Waals surface area contributed by atoms with E-state index in [-0.39, 0.29) is 41.6 Å². The number of carboxylic acids is 1. The van der Waals surface area contributed by atoms with Crippen molar-refractivity contribution in [3.05, 3.63) is 57.4 Å². The first-order valence-electron chi connectivity index (χ1n) is 19.2. The Bertz CT molecular complexity index is 2090. The molecule has 2 aliphatic carbocycles. The number of hydrogen-bond acceptors (Lipinski definition) is 7. The van der Waals surface area contributed by atoms with Crippen molar-refractivity contribution in [2.24, 2.45) is 37.8 Å². The number of alkyl halides is 1. The van der Waals surface area contributed by atoms with Crippen LogP contribution >= 0.6 is 0 Å². The molecule has 3 aliphatic rings. The first-order valence-corrected chi connectivity index (χ1v) is 18.5. The summed E-state index contributed by atoms with van der Waals surface area (Å²) in [5.41, 5.74) is 3.48. The number of aromatic nitrogens is 4. The van der Waals surface area contributed by atoms with Gasteiger partial charge in [0.1, 0.15) is 11.5 Å². The summed E-state index contributed by atoms with van der Waals surface area (Å²) in [6, 6.07) is 11.3. The molecule has 0 spiro atoms. The maximum atomic E-state index is 12.8. The van der Waals surface area contributed by atoms with Gasteiger partial charge >= 0.3 is 17.3 Å². The van der Waals surface area contributed by atoms with E-state index in [2.05, 4.69) is 5.32 Å². The molecule has 3 heterocycles. The number of aliphatic carboxylic acids is 1. The number of amides is 2. The number of imidazole rings is 2. The van der Waals surface area contributed by atoms with Gasteiger partial charge in [0.15, 0.2) is 0 Å². The number of carbonyl (C=O) groups excluding carboxylic acids is 2. The Morgan fingerprint density at radius 2 is 1.22 bits per heavy atom. The molecule has 1 aliphatic heterocycles. The second-order valence-electron chi connectivity index (χ2n) is 14.5. The van der Waals surface area contributed by atoms with Gasteiger partial charge in [-0.05, 0) is 87.5 Å². The van der Waals surface area contributed by atoms with Crippen LogP contribution in [0.25, 0.3) is 22.1 Å². The number of carbonyl (C=O) groups is 3. The van der Waals surface area contributed by atoms with Crippen molar-refractivity contribution >= 4 is 39.9 Å². The van der Waals surface area contributed by atoms with Gasteiger partial charge in [-0.3, -0.25) is 37.0 Å². The second kappa shape index (κ2) is 17.8. The Balaban J connectivity index is 0.000000202. The number of hydrogen-bond donors (Lipinski definition) is 2. The lowest BCUT2D eigenvalue weighted by Crippen LogP contribution is -2.51. The molecule has 2 N–H and O–H groups in total. The van der Waals surface area contributed by atoms with Gasteiger partial charge in [-0.1, -0.05) is 0 Å². The minimum absolute atomic E-state index is 0.0125. The maximum absolute atomic E-state index is 12.8. The summed E-state index contributed by atoms with van der Waals surface area (Å²) in [5, 5.41) is 11.8. The van der Waals surface area contributed by atoms with E-state index in [1.807, 2.05) is 41.0 Å². The smallest absolute Gasteiger partial charge is 0.328 e. The number of benzene rings is 2. The highest BCUT2D eigenvalue weighted by molar-refractivity contribution is 5.87. The van der Waals surface area contributed by atoms with Gasteiger partial charge in [0.05, 0.1) is 57.3 Å². The van der Waals surface area contributed by atoms with E-state index >= 15 is 0 Å². The molecule has 15 heteroatoms. The zero-order valence-electron chi connectivity index (χ0n) is 32.6. The number of rotatable bonds is 8. The molecule has 2 aromatic heterocycles. The lowest BCUT2D eigenvalue weighted by atomic mass is 9.81. The van der Waals surface area contributed by atoms with E-state index in [0.717, 1.165) is 72.1 Å². The Hall–Kier alpha value is -5.08. The molecule has 4 aromatic rings. The first-order chi connectivity index (χ1) is 26.4. The Labute approximate surface area is 314 Å². The van der Waals surface area contributed by atoms with Crippen molar-refractivity contribution in [2.45, 2.75) is 64.5 Å². The van der Waals surface area contributed by atoms with Gasteiger partial charge in [-0.2, -0.15) is 0 Å². The molecule has 0 bridgehead atoms. The Morgan fingerprint density at radius 3 is 1.63 bits per heavy atom. The summed E-state index contributed by atoms with van der Waals surface area (Å²) < 4.78 is 33.0. The van der Waals surface area contributed by atoms with Crippen LogP contribution in [0, 0.1) is 23.7 Å². The van der Waals surface area contributed by atoms with Gasteiger partial charge in [-0.25, -0.2) is 9.59 Å². The summed E-state index contributed by atoms with van der Waals surface area (Å²) in [7, 11) is 5.80. The molecule has 0 radical (unpaired) electrons.